The van der Waals surface area contributed by atoms with Gasteiger partial charge in [-0.1, -0.05) is 20.8 Å². The van der Waals surface area contributed by atoms with Gasteiger partial charge in [0, 0.05) is 17.7 Å². The van der Waals surface area contributed by atoms with Gasteiger partial charge in [-0.25, -0.2) is 4.98 Å². The second kappa shape index (κ2) is 5.69. The van der Waals surface area contributed by atoms with E-state index in [0.29, 0.717) is 6.42 Å². The third-order valence-corrected chi connectivity index (χ3v) is 4.64. The molecule has 1 aromatic heterocycles. The van der Waals surface area contributed by atoms with Gasteiger partial charge in [0.2, 0.25) is 0 Å². The van der Waals surface area contributed by atoms with Crippen LogP contribution in [0.4, 0.5) is 5.69 Å². The highest BCUT2D eigenvalue weighted by Gasteiger charge is 2.27. The minimum Gasteiger partial charge on any atom is -0.316 e. The molecule has 0 bridgehead atoms. The molecule has 0 saturated carbocycles. The first-order chi connectivity index (χ1) is 9.72. The van der Waals surface area contributed by atoms with Gasteiger partial charge in [0.05, 0.1) is 20.1 Å². The number of nitrogens with one attached hydrogen (secondary N) is 1. The molecule has 1 unspecified atom stereocenters. The van der Waals surface area contributed by atoms with Gasteiger partial charge in [-0.05, 0) is 31.9 Å². The molecule has 0 fully saturated rings. The summed E-state index contributed by atoms with van der Waals surface area (Å²) in [4.78, 5) is 15.5. The molecule has 2 rings (SSSR count). The molecule has 21 heavy (non-hydrogen) atoms. The molecule has 1 aromatic carbocycles. The van der Waals surface area contributed by atoms with Crippen LogP contribution < -0.4 is 5.32 Å². The Kier molecular flexibility index (Phi) is 4.30. The summed E-state index contributed by atoms with van der Waals surface area (Å²) in [5, 5.41) is 15.6. The number of nitrogens with zero attached hydrogens (tertiary/aromatic N) is 2. The third kappa shape index (κ3) is 3.39. The van der Waals surface area contributed by atoms with Crippen LogP contribution in [-0.4, -0.2) is 23.0 Å². The van der Waals surface area contributed by atoms with E-state index in [0.717, 1.165) is 20.8 Å². The predicted molar refractivity (Wildman–Crippen MR) is 87.0 cm³/mol. The molecular formula is C15H21N3O2S. The van der Waals surface area contributed by atoms with Gasteiger partial charge in [-0.15, -0.1) is 11.3 Å². The van der Waals surface area contributed by atoms with E-state index >= 15 is 0 Å². The third-order valence-electron chi connectivity index (χ3n) is 3.71. The normalized spacial score (nSPS) is 13.6. The van der Waals surface area contributed by atoms with Crippen LogP contribution in [0.25, 0.3) is 10.2 Å². The van der Waals surface area contributed by atoms with Gasteiger partial charge in [0.15, 0.2) is 0 Å². The first-order valence-electron chi connectivity index (χ1n) is 6.94. The van der Waals surface area contributed by atoms with Gasteiger partial charge < -0.3 is 5.32 Å². The Labute approximate surface area is 128 Å². The van der Waals surface area contributed by atoms with E-state index < -0.39 is 0 Å². The zero-order valence-electron chi connectivity index (χ0n) is 13.1. The lowest BCUT2D eigenvalue weighted by Crippen LogP contribution is -2.39. The number of nitro groups is 1. The number of aromatic nitrogens is 1. The van der Waals surface area contributed by atoms with Crippen molar-refractivity contribution >= 4 is 27.2 Å². The minimum atomic E-state index is -0.292. The summed E-state index contributed by atoms with van der Waals surface area (Å²) in [7, 11) is 1.90. The molecule has 114 valence electrons. The van der Waals surface area contributed by atoms with Crippen LogP contribution in [0.3, 0.4) is 0 Å². The fourth-order valence-corrected chi connectivity index (χ4v) is 3.36. The number of hydrogen-bond acceptors (Lipinski definition) is 5. The second-order valence-electron chi connectivity index (χ2n) is 6.35. The fraction of sp³-hybridized carbons (Fsp3) is 0.533. The van der Waals surface area contributed by atoms with Gasteiger partial charge in [-0.3, -0.25) is 10.1 Å². The Morgan fingerprint density at radius 1 is 1.43 bits per heavy atom. The van der Waals surface area contributed by atoms with Crippen LogP contribution >= 0.6 is 11.3 Å². The lowest BCUT2D eigenvalue weighted by atomic mass is 9.83. The Hall–Kier alpha value is -1.53. The van der Waals surface area contributed by atoms with E-state index in [-0.39, 0.29) is 22.1 Å². The quantitative estimate of drug-likeness (QED) is 0.691. The Bertz CT molecular complexity index is 673. The molecule has 1 heterocycles. The van der Waals surface area contributed by atoms with E-state index in [1.165, 1.54) is 11.3 Å². The van der Waals surface area contributed by atoms with Crippen molar-refractivity contribution < 1.29 is 4.92 Å². The Morgan fingerprint density at radius 3 is 2.62 bits per heavy atom. The summed E-state index contributed by atoms with van der Waals surface area (Å²) in [6.45, 7) is 8.31. The number of hydrogen-bond donors (Lipinski definition) is 1. The van der Waals surface area contributed by atoms with Crippen molar-refractivity contribution in [3.05, 3.63) is 32.8 Å². The van der Waals surface area contributed by atoms with Gasteiger partial charge in [0.25, 0.3) is 5.69 Å². The second-order valence-corrected chi connectivity index (χ2v) is 7.58. The van der Waals surface area contributed by atoms with Crippen molar-refractivity contribution in [2.45, 2.75) is 40.2 Å². The average Bonchev–Trinajstić information content (AvgIpc) is 2.72. The van der Waals surface area contributed by atoms with E-state index in [2.05, 4.69) is 31.1 Å². The van der Waals surface area contributed by atoms with Crippen LogP contribution in [0.2, 0.25) is 0 Å². The maximum atomic E-state index is 11.4. The van der Waals surface area contributed by atoms with Crippen LogP contribution in [-0.2, 0) is 6.42 Å². The van der Waals surface area contributed by atoms with Crippen molar-refractivity contribution in [1.29, 1.82) is 0 Å². The topological polar surface area (TPSA) is 68.1 Å². The van der Waals surface area contributed by atoms with Gasteiger partial charge >= 0.3 is 0 Å². The number of aryl methyl sites for hydroxylation is 1. The molecule has 0 aliphatic rings. The van der Waals surface area contributed by atoms with Gasteiger partial charge in [-0.2, -0.15) is 0 Å². The molecular weight excluding hydrogens is 286 g/mol. The first-order valence-corrected chi connectivity index (χ1v) is 7.75. The number of benzene rings is 1. The number of nitro benzene ring substituents is 1. The molecule has 6 heteroatoms. The van der Waals surface area contributed by atoms with E-state index in [4.69, 9.17) is 0 Å². The standard InChI is InChI=1S/C15H21N3O2S/c1-9-17-11-6-10(7-14(16-5)15(2,3)4)12(18(19)20)8-13(11)21-9/h6,8,14,16H,7H2,1-5H3. The van der Waals surface area contributed by atoms with Crippen LogP contribution in [0.1, 0.15) is 31.3 Å². The SMILES string of the molecule is CNC(Cc1cc2nc(C)sc2cc1[N+](=O)[O-])C(C)(C)C. The summed E-state index contributed by atoms with van der Waals surface area (Å²) in [5.41, 5.74) is 1.81. The highest BCUT2D eigenvalue weighted by atomic mass is 32.1. The number of likely N-dealkylation sites (N-methyl/N-ethyl adjacent to an activating group) is 1. The molecule has 5 nitrogen and oxygen atoms in total. The summed E-state index contributed by atoms with van der Waals surface area (Å²) < 4.78 is 0.875. The Morgan fingerprint density at radius 2 is 2.10 bits per heavy atom. The molecule has 0 amide bonds. The molecule has 2 aromatic rings. The van der Waals surface area contributed by atoms with E-state index in [9.17, 15) is 10.1 Å². The van der Waals surface area contributed by atoms with Crippen LogP contribution in [0.5, 0.6) is 0 Å². The van der Waals surface area contributed by atoms with Crippen molar-refractivity contribution in [2.24, 2.45) is 5.41 Å². The maximum absolute atomic E-state index is 11.4. The molecule has 0 radical (unpaired) electrons. The van der Waals surface area contributed by atoms with Gasteiger partial charge in [0.1, 0.15) is 0 Å². The minimum absolute atomic E-state index is 0.0234. The lowest BCUT2D eigenvalue weighted by molar-refractivity contribution is -0.385. The van der Waals surface area contributed by atoms with Crippen LogP contribution in [0.15, 0.2) is 12.1 Å². The summed E-state index contributed by atoms with van der Waals surface area (Å²) in [6, 6.07) is 3.69. The summed E-state index contributed by atoms with van der Waals surface area (Å²) in [5.74, 6) is 0. The summed E-state index contributed by atoms with van der Waals surface area (Å²) in [6.07, 6.45) is 0.614. The lowest BCUT2D eigenvalue weighted by Gasteiger charge is -2.30. The highest BCUT2D eigenvalue weighted by molar-refractivity contribution is 7.18. The Balaban J connectivity index is 2.50. The smallest absolute Gasteiger partial charge is 0.274 e. The molecule has 0 saturated heterocycles. The van der Waals surface area contributed by atoms with Crippen molar-refractivity contribution in [3.63, 3.8) is 0 Å². The predicted octanol–water partition coefficient (Wildman–Crippen LogP) is 3.69. The largest absolute Gasteiger partial charge is 0.316 e. The van der Waals surface area contributed by atoms with Crippen LogP contribution in [0, 0.1) is 22.5 Å². The zero-order chi connectivity index (χ0) is 15.8. The monoisotopic (exact) mass is 307 g/mol. The average molecular weight is 307 g/mol. The van der Waals surface area contributed by atoms with E-state index in [1.54, 1.807) is 6.07 Å². The number of thiazole rings is 1. The van der Waals surface area contributed by atoms with Crippen molar-refractivity contribution in [3.8, 4) is 0 Å². The van der Waals surface area contributed by atoms with E-state index in [1.807, 2.05) is 20.0 Å². The summed E-state index contributed by atoms with van der Waals surface area (Å²) >= 11 is 1.49. The fourth-order valence-electron chi connectivity index (χ4n) is 2.52. The molecule has 0 aliphatic carbocycles. The highest BCUT2D eigenvalue weighted by Crippen LogP contribution is 2.32. The van der Waals surface area contributed by atoms with Crippen molar-refractivity contribution in [1.82, 2.24) is 10.3 Å². The number of rotatable bonds is 4. The zero-order valence-corrected chi connectivity index (χ0v) is 13.9. The molecule has 0 spiro atoms. The molecule has 1 N–H and O–H groups in total. The van der Waals surface area contributed by atoms with Crippen molar-refractivity contribution in [2.75, 3.05) is 7.05 Å². The first kappa shape index (κ1) is 15.9. The maximum Gasteiger partial charge on any atom is 0.274 e. The number of fused-ring (bicyclic) bond motifs is 1. The molecule has 0 aliphatic heterocycles. The molecule has 1 atom stereocenters.